The van der Waals surface area contributed by atoms with Gasteiger partial charge in [0.15, 0.2) is 17.7 Å². The molecule has 0 saturated carbocycles. The molecular weight excluding hydrogens is 242 g/mol. The second-order valence-electron chi connectivity index (χ2n) is 3.42. The van der Waals surface area contributed by atoms with Crippen LogP contribution in [-0.2, 0) is 0 Å². The Morgan fingerprint density at radius 3 is 2.50 bits per heavy atom. The number of para-hydroxylation sites is 2. The van der Waals surface area contributed by atoms with E-state index in [-0.39, 0.29) is 6.61 Å². The van der Waals surface area contributed by atoms with Crippen LogP contribution >= 0.6 is 0 Å². The highest BCUT2D eigenvalue weighted by atomic mass is 16.5. The van der Waals surface area contributed by atoms with Crippen molar-refractivity contribution in [2.75, 3.05) is 13.7 Å². The van der Waals surface area contributed by atoms with Crippen molar-refractivity contribution < 1.29 is 29.6 Å². The van der Waals surface area contributed by atoms with E-state index in [1.807, 2.05) is 0 Å². The van der Waals surface area contributed by atoms with Gasteiger partial charge < -0.3 is 24.8 Å². The largest absolute Gasteiger partial charge is 0.493 e. The molecule has 1 amide bonds. The number of amides is 1. The number of methoxy groups -OCH3 is 1. The van der Waals surface area contributed by atoms with Crippen LogP contribution in [0, 0.1) is 0 Å². The van der Waals surface area contributed by atoms with Gasteiger partial charge in [-0.05, 0) is 12.1 Å². The Bertz CT molecular complexity index is 397. The molecule has 1 aromatic rings. The number of carbonyl (C=O) groups is 1. The van der Waals surface area contributed by atoms with Gasteiger partial charge in [0.05, 0.1) is 7.11 Å². The first kappa shape index (κ1) is 14.1. The zero-order valence-electron chi connectivity index (χ0n) is 9.74. The molecule has 1 rings (SSSR count). The standard InChI is InChI=1S/C11H15NO6/c1-17-8-4-2-3-5-9(8)18-6-7(13)10(14)12-11(15)16/h2-5,7,10,12-14H,6H2,1H3,(H,15,16)/t7-,10?/m1/s1. The molecule has 0 aliphatic heterocycles. The molecule has 1 aromatic carbocycles. The van der Waals surface area contributed by atoms with E-state index < -0.39 is 18.4 Å². The Labute approximate surface area is 104 Å². The minimum atomic E-state index is -1.61. The number of benzene rings is 1. The molecule has 0 fully saturated rings. The van der Waals surface area contributed by atoms with E-state index in [1.54, 1.807) is 29.6 Å². The molecule has 0 aliphatic carbocycles. The molecule has 0 saturated heterocycles. The van der Waals surface area contributed by atoms with E-state index in [1.165, 1.54) is 7.11 Å². The second-order valence-corrected chi connectivity index (χ2v) is 3.42. The first-order valence-corrected chi connectivity index (χ1v) is 5.16. The number of hydrogen-bond acceptors (Lipinski definition) is 5. The minimum Gasteiger partial charge on any atom is -0.493 e. The highest BCUT2D eigenvalue weighted by Crippen LogP contribution is 2.25. The Morgan fingerprint density at radius 1 is 1.33 bits per heavy atom. The molecule has 2 atom stereocenters. The fourth-order valence-corrected chi connectivity index (χ4v) is 1.23. The van der Waals surface area contributed by atoms with E-state index in [9.17, 15) is 15.0 Å². The monoisotopic (exact) mass is 257 g/mol. The molecule has 7 nitrogen and oxygen atoms in total. The zero-order valence-corrected chi connectivity index (χ0v) is 9.74. The summed E-state index contributed by atoms with van der Waals surface area (Å²) in [6, 6.07) is 6.77. The third kappa shape index (κ3) is 4.11. The maximum Gasteiger partial charge on any atom is 0.406 e. The van der Waals surface area contributed by atoms with Crippen LogP contribution in [0.1, 0.15) is 0 Å². The van der Waals surface area contributed by atoms with Crippen LogP contribution in [0.15, 0.2) is 24.3 Å². The normalized spacial score (nSPS) is 13.5. The predicted molar refractivity (Wildman–Crippen MR) is 61.7 cm³/mol. The van der Waals surface area contributed by atoms with Gasteiger partial charge in [-0.2, -0.15) is 0 Å². The SMILES string of the molecule is COc1ccccc1OC[C@@H](O)C(O)NC(=O)O. The molecule has 4 N–H and O–H groups in total. The summed E-state index contributed by atoms with van der Waals surface area (Å²) >= 11 is 0. The van der Waals surface area contributed by atoms with Gasteiger partial charge in [0.1, 0.15) is 12.7 Å². The van der Waals surface area contributed by atoms with Gasteiger partial charge in [0.2, 0.25) is 0 Å². The van der Waals surface area contributed by atoms with Gasteiger partial charge in [0.25, 0.3) is 0 Å². The summed E-state index contributed by atoms with van der Waals surface area (Å²) in [7, 11) is 1.47. The maximum atomic E-state index is 10.2. The van der Waals surface area contributed by atoms with E-state index in [4.69, 9.17) is 14.6 Å². The van der Waals surface area contributed by atoms with E-state index in [2.05, 4.69) is 0 Å². The number of hydrogen-bond donors (Lipinski definition) is 4. The molecule has 18 heavy (non-hydrogen) atoms. The number of aliphatic hydroxyl groups is 2. The van der Waals surface area contributed by atoms with Crippen LogP contribution < -0.4 is 14.8 Å². The summed E-state index contributed by atoms with van der Waals surface area (Å²) < 4.78 is 10.2. The molecule has 0 spiro atoms. The molecule has 0 aromatic heterocycles. The third-order valence-corrected chi connectivity index (χ3v) is 2.11. The van der Waals surface area contributed by atoms with Crippen molar-refractivity contribution in [3.63, 3.8) is 0 Å². The number of carboxylic acid groups (broad SMARTS) is 1. The van der Waals surface area contributed by atoms with Gasteiger partial charge in [-0.3, -0.25) is 5.32 Å². The molecule has 0 heterocycles. The van der Waals surface area contributed by atoms with Crippen molar-refractivity contribution in [2.24, 2.45) is 0 Å². The molecular formula is C11H15NO6. The third-order valence-electron chi connectivity index (χ3n) is 2.11. The summed E-state index contributed by atoms with van der Waals surface area (Å²) in [5, 5.41) is 28.8. The van der Waals surface area contributed by atoms with E-state index >= 15 is 0 Å². The second kappa shape index (κ2) is 6.67. The van der Waals surface area contributed by atoms with Crippen molar-refractivity contribution in [1.29, 1.82) is 0 Å². The van der Waals surface area contributed by atoms with Crippen LogP contribution in [0.3, 0.4) is 0 Å². The van der Waals surface area contributed by atoms with Crippen LogP contribution in [0.5, 0.6) is 11.5 Å². The van der Waals surface area contributed by atoms with Crippen molar-refractivity contribution in [3.8, 4) is 11.5 Å². The molecule has 0 radical (unpaired) electrons. The van der Waals surface area contributed by atoms with Gasteiger partial charge in [0, 0.05) is 0 Å². The highest BCUT2D eigenvalue weighted by Gasteiger charge is 2.19. The Kier molecular flexibility index (Phi) is 5.22. The van der Waals surface area contributed by atoms with Crippen LogP contribution in [-0.4, -0.2) is 47.5 Å². The number of ether oxygens (including phenoxy) is 2. The lowest BCUT2D eigenvalue weighted by Crippen LogP contribution is -2.45. The summed E-state index contributed by atoms with van der Waals surface area (Å²) in [6.07, 6.45) is -4.43. The lowest BCUT2D eigenvalue weighted by molar-refractivity contribution is -0.0223. The Hall–Kier alpha value is -1.99. The van der Waals surface area contributed by atoms with Crippen LogP contribution in [0.2, 0.25) is 0 Å². The predicted octanol–water partition coefficient (Wildman–Crippen LogP) is 0.0209. The average Bonchev–Trinajstić information content (AvgIpc) is 2.35. The fraction of sp³-hybridized carbons (Fsp3) is 0.364. The van der Waals surface area contributed by atoms with Gasteiger partial charge in [-0.25, -0.2) is 4.79 Å². The minimum absolute atomic E-state index is 0.276. The molecule has 0 aliphatic rings. The van der Waals surface area contributed by atoms with Crippen molar-refractivity contribution >= 4 is 6.09 Å². The number of nitrogens with one attached hydrogen (secondary N) is 1. The lowest BCUT2D eigenvalue weighted by atomic mass is 10.3. The van der Waals surface area contributed by atoms with E-state index in [0.29, 0.717) is 11.5 Å². The molecule has 100 valence electrons. The summed E-state index contributed by atoms with van der Waals surface area (Å²) in [4.78, 5) is 10.2. The smallest absolute Gasteiger partial charge is 0.406 e. The Morgan fingerprint density at radius 2 is 1.94 bits per heavy atom. The van der Waals surface area contributed by atoms with Crippen LogP contribution in [0.4, 0.5) is 4.79 Å². The van der Waals surface area contributed by atoms with Gasteiger partial charge in [-0.15, -0.1) is 0 Å². The zero-order chi connectivity index (χ0) is 13.5. The summed E-state index contributed by atoms with van der Waals surface area (Å²) in [6.45, 7) is -0.276. The lowest BCUT2D eigenvalue weighted by Gasteiger charge is -2.18. The maximum absolute atomic E-state index is 10.2. The topological polar surface area (TPSA) is 108 Å². The van der Waals surface area contributed by atoms with Gasteiger partial charge >= 0.3 is 6.09 Å². The average molecular weight is 257 g/mol. The van der Waals surface area contributed by atoms with Crippen LogP contribution in [0.25, 0.3) is 0 Å². The molecule has 7 heteroatoms. The van der Waals surface area contributed by atoms with Gasteiger partial charge in [-0.1, -0.05) is 12.1 Å². The highest BCUT2D eigenvalue weighted by molar-refractivity contribution is 5.64. The summed E-state index contributed by atoms with van der Waals surface area (Å²) in [5.74, 6) is 0.868. The number of aliphatic hydroxyl groups excluding tert-OH is 2. The first-order valence-electron chi connectivity index (χ1n) is 5.16. The summed E-state index contributed by atoms with van der Waals surface area (Å²) in [5.41, 5.74) is 0. The molecule has 1 unspecified atom stereocenters. The van der Waals surface area contributed by atoms with E-state index in [0.717, 1.165) is 0 Å². The number of rotatable bonds is 6. The van der Waals surface area contributed by atoms with Crippen molar-refractivity contribution in [3.05, 3.63) is 24.3 Å². The quantitative estimate of drug-likeness (QED) is 0.535. The molecule has 0 bridgehead atoms. The van der Waals surface area contributed by atoms with Crippen molar-refractivity contribution in [1.82, 2.24) is 5.32 Å². The van der Waals surface area contributed by atoms with Crippen molar-refractivity contribution in [2.45, 2.75) is 12.3 Å². The first-order chi connectivity index (χ1) is 8.54. The Balaban J connectivity index is 2.51. The fourth-order valence-electron chi connectivity index (χ4n) is 1.23.